The van der Waals surface area contributed by atoms with E-state index < -0.39 is 0 Å². The molecule has 0 amide bonds. The largest absolute Gasteiger partial charge is 0.319 e. The molecule has 1 aromatic rings. The number of halogens is 1. The van der Waals surface area contributed by atoms with Gasteiger partial charge in [-0.15, -0.1) is 0 Å². The van der Waals surface area contributed by atoms with Crippen LogP contribution in [-0.4, -0.2) is 25.1 Å². The summed E-state index contributed by atoms with van der Waals surface area (Å²) in [7, 11) is 2.06. The zero-order chi connectivity index (χ0) is 12.1. The summed E-state index contributed by atoms with van der Waals surface area (Å²) in [6.45, 7) is 1.09. The van der Waals surface area contributed by atoms with Crippen LogP contribution in [-0.2, 0) is 0 Å². The summed E-state index contributed by atoms with van der Waals surface area (Å²) >= 11 is 5.68. The Hall–Kier alpha value is 0.01000. The van der Waals surface area contributed by atoms with Crippen LogP contribution in [0.2, 0.25) is 0 Å². The summed E-state index contributed by atoms with van der Waals surface area (Å²) in [5.41, 5.74) is 1.48. The van der Waals surface area contributed by atoms with Crippen LogP contribution in [0.4, 0.5) is 0 Å². The molecule has 0 saturated carbocycles. The van der Waals surface area contributed by atoms with Gasteiger partial charge in [0, 0.05) is 11.0 Å². The Kier molecular flexibility index (Phi) is 5.39. The molecule has 2 rings (SSSR count). The molecule has 0 radical (unpaired) electrons. The molecule has 1 nitrogen and oxygen atoms in total. The molecule has 1 saturated heterocycles. The number of hydrogen-bond acceptors (Lipinski definition) is 2. The highest BCUT2D eigenvalue weighted by Gasteiger charge is 2.24. The number of likely N-dealkylation sites (N-methyl/N-ethyl adjacent to an activating group) is 1. The number of thioether (sulfide) groups is 1. The van der Waals surface area contributed by atoms with Crippen molar-refractivity contribution in [1.29, 1.82) is 0 Å². The van der Waals surface area contributed by atoms with Gasteiger partial charge in [0.1, 0.15) is 0 Å². The molecule has 3 heteroatoms. The third-order valence-corrected chi connectivity index (χ3v) is 5.08. The van der Waals surface area contributed by atoms with Crippen LogP contribution in [0.3, 0.4) is 0 Å². The second-order valence-electron chi connectivity index (χ2n) is 4.67. The normalized spacial score (nSPS) is 19.2. The van der Waals surface area contributed by atoms with Gasteiger partial charge >= 0.3 is 0 Å². The van der Waals surface area contributed by atoms with Crippen LogP contribution < -0.4 is 5.32 Å². The number of nitrogens with one attached hydrogen (secondary N) is 1. The second kappa shape index (κ2) is 6.81. The van der Waals surface area contributed by atoms with Crippen molar-refractivity contribution in [3.05, 3.63) is 34.3 Å². The van der Waals surface area contributed by atoms with E-state index in [1.165, 1.54) is 34.4 Å². The van der Waals surface area contributed by atoms with Gasteiger partial charge in [-0.1, -0.05) is 28.1 Å². The fraction of sp³-hybridized carbons (Fsp3) is 0.571. The summed E-state index contributed by atoms with van der Waals surface area (Å²) in [5, 5.41) is 3.36. The summed E-state index contributed by atoms with van der Waals surface area (Å²) in [6.07, 6.45) is 2.73. The number of benzene rings is 1. The Labute approximate surface area is 117 Å². The van der Waals surface area contributed by atoms with Gasteiger partial charge in [0.05, 0.1) is 0 Å². The highest BCUT2D eigenvalue weighted by atomic mass is 79.9. The summed E-state index contributed by atoms with van der Waals surface area (Å²) in [6, 6.07) is 8.81. The lowest BCUT2D eigenvalue weighted by molar-refractivity contribution is 0.386. The molecule has 94 valence electrons. The van der Waals surface area contributed by atoms with Gasteiger partial charge in [0.15, 0.2) is 0 Å². The zero-order valence-corrected chi connectivity index (χ0v) is 12.7. The van der Waals surface area contributed by atoms with E-state index in [1.54, 1.807) is 0 Å². The molecule has 1 atom stereocenters. The van der Waals surface area contributed by atoms with Gasteiger partial charge in [-0.2, -0.15) is 11.8 Å². The first-order chi connectivity index (χ1) is 8.31. The van der Waals surface area contributed by atoms with Crippen LogP contribution in [0.15, 0.2) is 28.7 Å². The second-order valence-corrected chi connectivity index (χ2v) is 6.81. The van der Waals surface area contributed by atoms with E-state index in [-0.39, 0.29) is 0 Å². The molecule has 1 fully saturated rings. The molecule has 1 aliphatic heterocycles. The van der Waals surface area contributed by atoms with Crippen molar-refractivity contribution in [2.75, 3.05) is 25.1 Å². The first-order valence-corrected chi connectivity index (χ1v) is 8.24. The van der Waals surface area contributed by atoms with Gasteiger partial charge in [-0.25, -0.2) is 0 Å². The zero-order valence-electron chi connectivity index (χ0n) is 10.3. The monoisotopic (exact) mass is 313 g/mol. The van der Waals surface area contributed by atoms with Gasteiger partial charge in [0.25, 0.3) is 0 Å². The highest BCUT2D eigenvalue weighted by molar-refractivity contribution is 9.10. The minimum absolute atomic E-state index is 0.665. The van der Waals surface area contributed by atoms with Gasteiger partial charge in [-0.3, -0.25) is 0 Å². The van der Waals surface area contributed by atoms with Crippen molar-refractivity contribution in [3.8, 4) is 0 Å². The van der Waals surface area contributed by atoms with Crippen LogP contribution in [0.25, 0.3) is 0 Å². The van der Waals surface area contributed by atoms with Crippen molar-refractivity contribution >= 4 is 27.7 Å². The van der Waals surface area contributed by atoms with Gasteiger partial charge < -0.3 is 5.32 Å². The fourth-order valence-electron chi connectivity index (χ4n) is 2.63. The summed E-state index contributed by atoms with van der Waals surface area (Å²) in [4.78, 5) is 0. The predicted molar refractivity (Wildman–Crippen MR) is 80.9 cm³/mol. The van der Waals surface area contributed by atoms with E-state index in [0.29, 0.717) is 5.92 Å². The van der Waals surface area contributed by atoms with Crippen LogP contribution in [0.1, 0.15) is 24.3 Å². The minimum Gasteiger partial charge on any atom is -0.319 e. The fourth-order valence-corrected chi connectivity index (χ4v) is 4.19. The molecular formula is C14H20BrNS. The van der Waals surface area contributed by atoms with Gasteiger partial charge in [0.2, 0.25) is 0 Å². The average Bonchev–Trinajstić information content (AvgIpc) is 2.37. The summed E-state index contributed by atoms with van der Waals surface area (Å²) in [5.74, 6) is 4.18. The van der Waals surface area contributed by atoms with Crippen molar-refractivity contribution in [2.45, 2.75) is 18.8 Å². The molecule has 1 aromatic carbocycles. The molecular weight excluding hydrogens is 294 g/mol. The topological polar surface area (TPSA) is 12.0 Å². The molecule has 1 unspecified atom stereocenters. The van der Waals surface area contributed by atoms with E-state index >= 15 is 0 Å². The Morgan fingerprint density at radius 1 is 1.41 bits per heavy atom. The van der Waals surface area contributed by atoms with Crippen molar-refractivity contribution in [1.82, 2.24) is 5.32 Å². The van der Waals surface area contributed by atoms with Crippen molar-refractivity contribution in [3.63, 3.8) is 0 Å². The standard InChI is InChI=1S/C14H20BrNS/c1-16-10-14(11-5-7-17-8-6-11)12-3-2-4-13(15)9-12/h2-4,9,11,14,16H,5-8,10H2,1H3. The maximum absolute atomic E-state index is 3.58. The van der Waals surface area contributed by atoms with Crippen molar-refractivity contribution < 1.29 is 0 Å². The predicted octanol–water partition coefficient (Wildman–Crippen LogP) is 3.90. The maximum atomic E-state index is 3.58. The minimum atomic E-state index is 0.665. The molecule has 1 N–H and O–H groups in total. The Bertz CT molecular complexity index is 350. The maximum Gasteiger partial charge on any atom is 0.0178 e. The summed E-state index contributed by atoms with van der Waals surface area (Å²) < 4.78 is 1.20. The molecule has 0 bridgehead atoms. The van der Waals surface area contributed by atoms with E-state index in [2.05, 4.69) is 64.3 Å². The van der Waals surface area contributed by atoms with Crippen LogP contribution in [0, 0.1) is 5.92 Å². The van der Waals surface area contributed by atoms with E-state index in [0.717, 1.165) is 12.5 Å². The molecule has 1 aliphatic rings. The molecule has 0 aromatic heterocycles. The lowest BCUT2D eigenvalue weighted by Gasteiger charge is -2.30. The smallest absolute Gasteiger partial charge is 0.0178 e. The quantitative estimate of drug-likeness (QED) is 0.905. The Balaban J connectivity index is 2.15. The van der Waals surface area contributed by atoms with E-state index in [1.807, 2.05) is 0 Å². The van der Waals surface area contributed by atoms with Gasteiger partial charge in [-0.05, 0) is 60.9 Å². The number of hydrogen-bond donors (Lipinski definition) is 1. The third-order valence-electron chi connectivity index (χ3n) is 3.54. The molecule has 17 heavy (non-hydrogen) atoms. The highest BCUT2D eigenvalue weighted by Crippen LogP contribution is 2.35. The van der Waals surface area contributed by atoms with E-state index in [9.17, 15) is 0 Å². The lowest BCUT2D eigenvalue weighted by atomic mass is 9.82. The molecule has 0 aliphatic carbocycles. The molecule has 1 heterocycles. The third kappa shape index (κ3) is 3.73. The Morgan fingerprint density at radius 3 is 2.82 bits per heavy atom. The van der Waals surface area contributed by atoms with E-state index in [4.69, 9.17) is 0 Å². The lowest BCUT2D eigenvalue weighted by Crippen LogP contribution is -2.26. The molecule has 0 spiro atoms. The van der Waals surface area contributed by atoms with Crippen molar-refractivity contribution in [2.24, 2.45) is 5.92 Å². The SMILES string of the molecule is CNCC(c1cccc(Br)c1)C1CCSCC1. The number of rotatable bonds is 4. The first-order valence-electron chi connectivity index (χ1n) is 6.29. The average molecular weight is 314 g/mol. The van der Waals surface area contributed by atoms with Crippen LogP contribution in [0.5, 0.6) is 0 Å². The Morgan fingerprint density at radius 2 is 2.18 bits per heavy atom. The first kappa shape index (κ1) is 13.4. The van der Waals surface area contributed by atoms with Crippen LogP contribution >= 0.6 is 27.7 Å².